The molecule has 11 nitrogen and oxygen atoms in total. The van der Waals surface area contributed by atoms with Crippen molar-refractivity contribution in [3.05, 3.63) is 0 Å². The molecule has 0 amide bonds. The van der Waals surface area contributed by atoms with Gasteiger partial charge >= 0.3 is 0 Å². The second-order valence-electron chi connectivity index (χ2n) is 11.7. The standard InChI is InChI=1S/C31H64O11/c1-30(2,3)8-7-9-32-10-11-33-12-13-34-14-15-35-16-17-36-18-19-37-20-21-38-22-23-39-24-25-40-26-27-41-28-29-42-31(4,5)6/h7-29H2,1-6H3. The summed E-state index contributed by atoms with van der Waals surface area (Å²) < 4.78 is 60.4. The Kier molecular flexibility index (Phi) is 30.3. The lowest BCUT2D eigenvalue weighted by molar-refractivity contribution is -0.0467. The molecule has 0 aliphatic carbocycles. The van der Waals surface area contributed by atoms with Crippen LogP contribution in [-0.4, -0.2) is 144 Å². The van der Waals surface area contributed by atoms with Crippen LogP contribution in [0, 0.1) is 5.41 Å². The highest BCUT2D eigenvalue weighted by Crippen LogP contribution is 2.20. The fraction of sp³-hybridized carbons (Fsp3) is 1.00. The van der Waals surface area contributed by atoms with Crippen molar-refractivity contribution in [1.82, 2.24) is 0 Å². The van der Waals surface area contributed by atoms with Gasteiger partial charge in [-0.1, -0.05) is 20.8 Å². The van der Waals surface area contributed by atoms with Gasteiger partial charge in [-0.15, -0.1) is 0 Å². The molecule has 0 saturated heterocycles. The molecule has 0 rings (SSSR count). The molecule has 0 unspecified atom stereocenters. The van der Waals surface area contributed by atoms with Crippen LogP contribution in [0.3, 0.4) is 0 Å². The summed E-state index contributed by atoms with van der Waals surface area (Å²) in [5.41, 5.74) is 0.240. The molecule has 42 heavy (non-hydrogen) atoms. The lowest BCUT2D eigenvalue weighted by atomic mass is 9.91. The van der Waals surface area contributed by atoms with E-state index in [1.807, 2.05) is 20.8 Å². The molecule has 0 aliphatic heterocycles. The third-order valence-electron chi connectivity index (χ3n) is 5.33. The first-order valence-electron chi connectivity index (χ1n) is 15.6. The number of hydrogen-bond acceptors (Lipinski definition) is 11. The van der Waals surface area contributed by atoms with Crippen LogP contribution in [0.15, 0.2) is 0 Å². The molecule has 0 bridgehead atoms. The summed E-state index contributed by atoms with van der Waals surface area (Å²) in [4.78, 5) is 0. The number of ether oxygens (including phenoxy) is 11. The molecule has 0 spiro atoms. The minimum absolute atomic E-state index is 0.129. The van der Waals surface area contributed by atoms with Crippen molar-refractivity contribution in [2.75, 3.05) is 139 Å². The first kappa shape index (κ1) is 41.6. The smallest absolute Gasteiger partial charge is 0.0707 e. The van der Waals surface area contributed by atoms with Crippen molar-refractivity contribution >= 4 is 0 Å². The monoisotopic (exact) mass is 612 g/mol. The van der Waals surface area contributed by atoms with Crippen LogP contribution >= 0.6 is 0 Å². The summed E-state index contributed by atoms with van der Waals surface area (Å²) in [5.74, 6) is 0. The van der Waals surface area contributed by atoms with Crippen molar-refractivity contribution < 1.29 is 52.1 Å². The Hall–Kier alpha value is -0.440. The van der Waals surface area contributed by atoms with Gasteiger partial charge in [0.25, 0.3) is 0 Å². The summed E-state index contributed by atoms with van der Waals surface area (Å²) in [6.07, 6.45) is 2.26. The van der Waals surface area contributed by atoms with Crippen molar-refractivity contribution in [3.63, 3.8) is 0 Å². The molecule has 0 aromatic heterocycles. The maximum atomic E-state index is 5.58. The summed E-state index contributed by atoms with van der Waals surface area (Å²) in [6, 6.07) is 0. The molecular weight excluding hydrogens is 548 g/mol. The van der Waals surface area contributed by atoms with E-state index in [1.54, 1.807) is 0 Å². The molecule has 11 heteroatoms. The Morgan fingerprint density at radius 2 is 0.500 bits per heavy atom. The minimum atomic E-state index is -0.129. The van der Waals surface area contributed by atoms with Gasteiger partial charge in [-0.25, -0.2) is 0 Å². The average Bonchev–Trinajstić information content (AvgIpc) is 2.92. The fourth-order valence-electron chi connectivity index (χ4n) is 3.19. The predicted octanol–water partition coefficient (Wildman–Crippen LogP) is 3.79. The van der Waals surface area contributed by atoms with Crippen LogP contribution < -0.4 is 0 Å². The van der Waals surface area contributed by atoms with Gasteiger partial charge in [-0.2, -0.15) is 0 Å². The van der Waals surface area contributed by atoms with Crippen molar-refractivity contribution in [3.8, 4) is 0 Å². The second kappa shape index (κ2) is 30.6. The van der Waals surface area contributed by atoms with Gasteiger partial charge in [0.15, 0.2) is 0 Å². The van der Waals surface area contributed by atoms with Crippen LogP contribution in [0.1, 0.15) is 54.4 Å². The first-order valence-corrected chi connectivity index (χ1v) is 15.6. The zero-order chi connectivity index (χ0) is 31.0. The molecule has 0 saturated carbocycles. The average molecular weight is 613 g/mol. The Balaban J connectivity index is 3.07. The molecule has 0 fully saturated rings. The van der Waals surface area contributed by atoms with Crippen LogP contribution in [0.4, 0.5) is 0 Å². The predicted molar refractivity (Wildman–Crippen MR) is 163 cm³/mol. The van der Waals surface area contributed by atoms with E-state index < -0.39 is 0 Å². The lowest BCUT2D eigenvalue weighted by Crippen LogP contribution is -2.22. The van der Waals surface area contributed by atoms with Crippen LogP contribution in [0.2, 0.25) is 0 Å². The zero-order valence-corrected chi connectivity index (χ0v) is 27.8. The topological polar surface area (TPSA) is 102 Å². The third-order valence-corrected chi connectivity index (χ3v) is 5.33. The van der Waals surface area contributed by atoms with Gasteiger partial charge in [0, 0.05) is 6.61 Å². The van der Waals surface area contributed by atoms with Crippen molar-refractivity contribution in [1.29, 1.82) is 0 Å². The Bertz CT molecular complexity index is 478. The number of hydrogen-bond donors (Lipinski definition) is 0. The molecule has 0 aliphatic rings. The summed E-state index contributed by atoms with van der Waals surface area (Å²) in [6.45, 7) is 24.6. The highest BCUT2D eigenvalue weighted by molar-refractivity contribution is 4.60. The molecule has 0 aromatic rings. The Labute approximate surface area is 256 Å². The van der Waals surface area contributed by atoms with Crippen LogP contribution in [0.5, 0.6) is 0 Å². The maximum absolute atomic E-state index is 5.58. The molecule has 0 N–H and O–H groups in total. The van der Waals surface area contributed by atoms with E-state index in [4.69, 9.17) is 52.1 Å². The van der Waals surface area contributed by atoms with Gasteiger partial charge < -0.3 is 52.1 Å². The molecular formula is C31H64O11. The first-order chi connectivity index (χ1) is 20.2. The van der Waals surface area contributed by atoms with E-state index in [1.165, 1.54) is 6.42 Å². The van der Waals surface area contributed by atoms with E-state index in [2.05, 4.69) is 20.8 Å². The zero-order valence-electron chi connectivity index (χ0n) is 27.8. The van der Waals surface area contributed by atoms with Gasteiger partial charge in [-0.3, -0.25) is 0 Å². The van der Waals surface area contributed by atoms with Gasteiger partial charge in [0.05, 0.1) is 138 Å². The van der Waals surface area contributed by atoms with E-state index in [0.29, 0.717) is 138 Å². The van der Waals surface area contributed by atoms with Gasteiger partial charge in [-0.05, 0) is 39.0 Å². The van der Waals surface area contributed by atoms with Gasteiger partial charge in [0.1, 0.15) is 0 Å². The largest absolute Gasteiger partial charge is 0.379 e. The highest BCUT2D eigenvalue weighted by atomic mass is 16.6. The van der Waals surface area contributed by atoms with Gasteiger partial charge in [0.2, 0.25) is 0 Å². The van der Waals surface area contributed by atoms with Crippen LogP contribution in [-0.2, 0) is 52.1 Å². The van der Waals surface area contributed by atoms with Crippen molar-refractivity contribution in [2.45, 2.75) is 60.0 Å². The second-order valence-corrected chi connectivity index (χ2v) is 11.7. The van der Waals surface area contributed by atoms with E-state index >= 15 is 0 Å². The van der Waals surface area contributed by atoms with Crippen LogP contribution in [0.25, 0.3) is 0 Å². The maximum Gasteiger partial charge on any atom is 0.0707 e. The molecule has 0 atom stereocenters. The molecule has 0 heterocycles. The summed E-state index contributed by atoms with van der Waals surface area (Å²) in [7, 11) is 0. The molecule has 254 valence electrons. The highest BCUT2D eigenvalue weighted by Gasteiger charge is 2.09. The van der Waals surface area contributed by atoms with Crippen molar-refractivity contribution in [2.24, 2.45) is 5.41 Å². The normalized spacial score (nSPS) is 12.4. The third kappa shape index (κ3) is 39.6. The Morgan fingerprint density at radius 3 is 0.714 bits per heavy atom. The fourth-order valence-corrected chi connectivity index (χ4v) is 3.19. The van der Waals surface area contributed by atoms with E-state index in [-0.39, 0.29) is 5.60 Å². The number of rotatable bonds is 33. The summed E-state index contributed by atoms with van der Waals surface area (Å²) in [5, 5.41) is 0. The minimum Gasteiger partial charge on any atom is -0.379 e. The molecule has 0 aromatic carbocycles. The van der Waals surface area contributed by atoms with E-state index in [0.717, 1.165) is 13.0 Å². The quantitative estimate of drug-likeness (QED) is 0.101. The SMILES string of the molecule is CC(C)(C)CCCOCCOCCOCCOCCOCCOCCOCCOCCOCCOCCOC(C)(C)C. The van der Waals surface area contributed by atoms with E-state index in [9.17, 15) is 0 Å². The Morgan fingerprint density at radius 1 is 0.286 bits per heavy atom. The summed E-state index contributed by atoms with van der Waals surface area (Å²) >= 11 is 0. The lowest BCUT2D eigenvalue weighted by Gasteiger charge is -2.19. The molecule has 0 radical (unpaired) electrons.